The number of urea groups is 1. The van der Waals surface area contributed by atoms with Crippen molar-refractivity contribution in [2.45, 2.75) is 12.1 Å². The van der Waals surface area contributed by atoms with Crippen LogP contribution in [0.1, 0.15) is 5.69 Å². The summed E-state index contributed by atoms with van der Waals surface area (Å²) in [5.74, 6) is -5.32. The molecule has 0 bridgehead atoms. The minimum atomic E-state index is -5.91. The molecule has 0 aliphatic heterocycles. The maximum atomic E-state index is 13.3. The highest BCUT2D eigenvalue weighted by Crippen LogP contribution is 2.42. The molecule has 2 amide bonds. The van der Waals surface area contributed by atoms with Crippen LogP contribution < -0.4 is 10.7 Å². The van der Waals surface area contributed by atoms with E-state index in [1.54, 1.807) is 18.2 Å². The first-order chi connectivity index (χ1) is 11.1. The Balaban J connectivity index is 2.36. The molecule has 128 valence electrons. The standard InChI is InChI=1S/C14H10F5N3O2/c15-13(16,14(17,18)19)11-8-10(6-7-22(11)24)21-12(23)20-9-4-2-1-3-5-9/h1-8,24H,(H,20,23)/b21-10-. The summed E-state index contributed by atoms with van der Waals surface area (Å²) in [6, 6.07) is 8.20. The van der Waals surface area contributed by atoms with Crippen LogP contribution in [0.4, 0.5) is 32.4 Å². The van der Waals surface area contributed by atoms with Crippen LogP contribution in [0.3, 0.4) is 0 Å². The number of hydrogen-bond acceptors (Lipinski definition) is 2. The predicted molar refractivity (Wildman–Crippen MR) is 72.6 cm³/mol. The molecular formula is C14H10F5N3O2. The van der Waals surface area contributed by atoms with E-state index in [0.717, 1.165) is 6.07 Å². The van der Waals surface area contributed by atoms with Gasteiger partial charge in [0, 0.05) is 11.9 Å². The van der Waals surface area contributed by atoms with Gasteiger partial charge in [0.2, 0.25) is 0 Å². The number of halogens is 5. The molecule has 0 saturated heterocycles. The van der Waals surface area contributed by atoms with Gasteiger partial charge in [-0.3, -0.25) is 0 Å². The van der Waals surface area contributed by atoms with Crippen molar-refractivity contribution in [3.05, 3.63) is 59.7 Å². The maximum Gasteiger partial charge on any atom is 0.459 e. The van der Waals surface area contributed by atoms with Crippen molar-refractivity contribution >= 4 is 11.7 Å². The summed E-state index contributed by atoms with van der Waals surface area (Å²) in [6.07, 6.45) is -5.38. The third-order valence-electron chi connectivity index (χ3n) is 2.85. The zero-order chi connectivity index (χ0) is 18.0. The molecule has 0 aliphatic rings. The summed E-state index contributed by atoms with van der Waals surface area (Å²) < 4.78 is 63.5. The van der Waals surface area contributed by atoms with Crippen molar-refractivity contribution in [1.29, 1.82) is 0 Å². The Hall–Kier alpha value is -2.91. The smallest absolute Gasteiger partial charge is 0.429 e. The van der Waals surface area contributed by atoms with Gasteiger partial charge in [-0.15, -0.1) is 0 Å². The van der Waals surface area contributed by atoms with E-state index in [9.17, 15) is 32.0 Å². The van der Waals surface area contributed by atoms with E-state index in [0.29, 0.717) is 11.9 Å². The normalized spacial score (nSPS) is 13.0. The van der Waals surface area contributed by atoms with Crippen LogP contribution in [0.25, 0.3) is 0 Å². The Morgan fingerprint density at radius 3 is 2.29 bits per heavy atom. The van der Waals surface area contributed by atoms with Gasteiger partial charge in [0.05, 0.1) is 5.36 Å². The van der Waals surface area contributed by atoms with E-state index in [1.807, 2.05) is 0 Å². The molecule has 0 spiro atoms. The van der Waals surface area contributed by atoms with Gasteiger partial charge in [0.25, 0.3) is 0 Å². The summed E-state index contributed by atoms with van der Waals surface area (Å²) in [5.41, 5.74) is -1.40. The number of hydrogen-bond donors (Lipinski definition) is 2. The minimum absolute atomic E-state index is 0.276. The van der Waals surface area contributed by atoms with Crippen molar-refractivity contribution in [3.8, 4) is 0 Å². The van der Waals surface area contributed by atoms with E-state index in [4.69, 9.17) is 0 Å². The molecule has 0 atom stereocenters. The molecule has 10 heteroatoms. The molecule has 2 aromatic rings. The second kappa shape index (κ2) is 6.30. The van der Waals surface area contributed by atoms with Crippen LogP contribution in [0.5, 0.6) is 0 Å². The van der Waals surface area contributed by atoms with E-state index < -0.39 is 29.2 Å². The third-order valence-corrected chi connectivity index (χ3v) is 2.85. The van der Waals surface area contributed by atoms with Crippen molar-refractivity contribution < 1.29 is 32.0 Å². The summed E-state index contributed by atoms with van der Waals surface area (Å²) >= 11 is 0. The number of pyridine rings is 1. The van der Waals surface area contributed by atoms with Gasteiger partial charge < -0.3 is 10.5 Å². The number of nitrogens with zero attached hydrogens (tertiary/aromatic N) is 2. The predicted octanol–water partition coefficient (Wildman–Crippen LogP) is 3.51. The maximum absolute atomic E-state index is 13.3. The molecule has 1 heterocycles. The highest BCUT2D eigenvalue weighted by atomic mass is 19.4. The number of anilines is 1. The van der Waals surface area contributed by atoms with Crippen LogP contribution >= 0.6 is 0 Å². The fourth-order valence-electron chi connectivity index (χ4n) is 1.72. The lowest BCUT2D eigenvalue weighted by molar-refractivity contribution is -0.294. The molecule has 1 aromatic heterocycles. The fraction of sp³-hybridized carbons (Fsp3) is 0.143. The Kier molecular flexibility index (Phi) is 4.58. The van der Waals surface area contributed by atoms with Crippen LogP contribution in [-0.4, -0.2) is 22.1 Å². The number of para-hydroxylation sites is 1. The second-order valence-corrected chi connectivity index (χ2v) is 4.59. The van der Waals surface area contributed by atoms with Gasteiger partial charge in [0.1, 0.15) is 5.69 Å². The molecule has 0 fully saturated rings. The molecule has 24 heavy (non-hydrogen) atoms. The number of carbonyl (C=O) groups is 1. The molecule has 0 unspecified atom stereocenters. The number of nitrogens with one attached hydrogen (secondary N) is 1. The molecule has 2 rings (SSSR count). The summed E-state index contributed by atoms with van der Waals surface area (Å²) in [7, 11) is 0. The third kappa shape index (κ3) is 3.70. The van der Waals surface area contributed by atoms with Gasteiger partial charge in [-0.2, -0.15) is 31.7 Å². The monoisotopic (exact) mass is 347 g/mol. The topological polar surface area (TPSA) is 66.6 Å². The van der Waals surface area contributed by atoms with Crippen LogP contribution in [0.15, 0.2) is 53.7 Å². The summed E-state index contributed by atoms with van der Waals surface area (Å²) in [5, 5.41) is 11.0. The molecule has 0 radical (unpaired) electrons. The first-order valence-electron chi connectivity index (χ1n) is 6.39. The van der Waals surface area contributed by atoms with E-state index in [1.165, 1.54) is 12.1 Å². The summed E-state index contributed by atoms with van der Waals surface area (Å²) in [6.45, 7) is 0. The van der Waals surface area contributed by atoms with Gasteiger partial charge >= 0.3 is 18.1 Å². The number of carbonyl (C=O) groups excluding carboxylic acids is 1. The fourth-order valence-corrected chi connectivity index (χ4v) is 1.72. The van der Waals surface area contributed by atoms with Crippen molar-refractivity contribution in [2.75, 3.05) is 5.32 Å². The highest BCUT2D eigenvalue weighted by molar-refractivity contribution is 5.89. The number of benzene rings is 1. The van der Waals surface area contributed by atoms with Gasteiger partial charge in [-0.25, -0.2) is 4.79 Å². The number of aromatic nitrogens is 1. The minimum Gasteiger partial charge on any atom is -0.429 e. The van der Waals surface area contributed by atoms with Crippen LogP contribution in [-0.2, 0) is 5.92 Å². The molecular weight excluding hydrogens is 337 g/mol. The molecule has 0 aliphatic carbocycles. The zero-order valence-electron chi connectivity index (χ0n) is 11.8. The molecule has 0 saturated carbocycles. The number of rotatable bonds is 2. The highest BCUT2D eigenvalue weighted by Gasteiger charge is 2.60. The SMILES string of the molecule is O=C(/N=c1/ccn(O)c(C(F)(F)C(F)(F)F)c1)Nc1ccccc1. The van der Waals surface area contributed by atoms with E-state index in [-0.39, 0.29) is 10.8 Å². The largest absolute Gasteiger partial charge is 0.459 e. The Morgan fingerprint density at radius 1 is 1.08 bits per heavy atom. The van der Waals surface area contributed by atoms with Crippen LogP contribution in [0.2, 0.25) is 0 Å². The van der Waals surface area contributed by atoms with Gasteiger partial charge in [0.15, 0.2) is 0 Å². The quantitative estimate of drug-likeness (QED) is 0.645. The second-order valence-electron chi connectivity index (χ2n) is 4.59. The Labute approximate surface area is 131 Å². The number of alkyl halides is 5. The summed E-state index contributed by atoms with van der Waals surface area (Å²) in [4.78, 5) is 15.0. The van der Waals surface area contributed by atoms with Crippen molar-refractivity contribution in [3.63, 3.8) is 0 Å². The van der Waals surface area contributed by atoms with E-state index >= 15 is 0 Å². The average molecular weight is 347 g/mol. The molecule has 5 nitrogen and oxygen atoms in total. The van der Waals surface area contributed by atoms with Gasteiger partial charge in [-0.1, -0.05) is 18.2 Å². The molecule has 2 N–H and O–H groups in total. The Morgan fingerprint density at radius 2 is 1.71 bits per heavy atom. The average Bonchev–Trinajstić information content (AvgIpc) is 2.49. The lowest BCUT2D eigenvalue weighted by Crippen LogP contribution is -2.37. The molecule has 1 aromatic carbocycles. The zero-order valence-corrected chi connectivity index (χ0v) is 11.8. The first-order valence-corrected chi connectivity index (χ1v) is 6.39. The van der Waals surface area contributed by atoms with Crippen LogP contribution in [0, 0.1) is 0 Å². The Bertz CT molecular complexity index is 800. The first kappa shape index (κ1) is 17.4. The number of amides is 2. The lowest BCUT2D eigenvalue weighted by atomic mass is 10.2. The van der Waals surface area contributed by atoms with Crippen molar-refractivity contribution in [2.24, 2.45) is 4.99 Å². The van der Waals surface area contributed by atoms with Crippen molar-refractivity contribution in [1.82, 2.24) is 4.73 Å². The lowest BCUT2D eigenvalue weighted by Gasteiger charge is -2.20. The van der Waals surface area contributed by atoms with Gasteiger partial charge in [-0.05, 0) is 24.3 Å². The van der Waals surface area contributed by atoms with E-state index in [2.05, 4.69) is 10.3 Å².